The normalized spacial score (nSPS) is 12.5. The Morgan fingerprint density at radius 2 is 0.591 bits per heavy atom. The lowest BCUT2D eigenvalue weighted by Crippen LogP contribution is -2.30. The van der Waals surface area contributed by atoms with Crippen molar-refractivity contribution < 1.29 is 28.6 Å². The van der Waals surface area contributed by atoms with Crippen molar-refractivity contribution in [1.82, 2.24) is 0 Å². The smallest absolute Gasteiger partial charge is 0.306 e. The van der Waals surface area contributed by atoms with Crippen molar-refractivity contribution in [2.75, 3.05) is 13.2 Å². The molecule has 0 aromatic carbocycles. The van der Waals surface area contributed by atoms with E-state index in [2.05, 4.69) is 81.5 Å². The van der Waals surface area contributed by atoms with Crippen molar-refractivity contribution in [1.29, 1.82) is 0 Å². The Morgan fingerprint density at radius 1 is 0.318 bits per heavy atom. The monoisotopic (exact) mass is 923 g/mol. The van der Waals surface area contributed by atoms with Crippen LogP contribution in [0.1, 0.15) is 284 Å². The van der Waals surface area contributed by atoms with Crippen LogP contribution in [-0.2, 0) is 28.6 Å². The van der Waals surface area contributed by atoms with Crippen molar-refractivity contribution >= 4 is 17.9 Å². The predicted molar refractivity (Wildman–Crippen MR) is 284 cm³/mol. The molecule has 0 aliphatic rings. The summed E-state index contributed by atoms with van der Waals surface area (Å²) < 4.78 is 16.8. The van der Waals surface area contributed by atoms with Gasteiger partial charge in [0, 0.05) is 19.3 Å². The minimum atomic E-state index is -0.776. The molecule has 0 amide bonds. The maximum atomic E-state index is 12.8. The molecule has 0 heterocycles. The van der Waals surface area contributed by atoms with Crippen LogP contribution in [0, 0.1) is 0 Å². The van der Waals surface area contributed by atoms with Crippen LogP contribution in [0.2, 0.25) is 0 Å². The first-order valence-electron chi connectivity index (χ1n) is 28.3. The van der Waals surface area contributed by atoms with Crippen molar-refractivity contribution in [3.8, 4) is 0 Å². The van der Waals surface area contributed by atoms with Gasteiger partial charge in [-0.2, -0.15) is 0 Å². The number of rotatable bonds is 51. The summed E-state index contributed by atoms with van der Waals surface area (Å²) in [5.41, 5.74) is 0. The van der Waals surface area contributed by atoms with Crippen molar-refractivity contribution in [2.45, 2.75) is 290 Å². The molecule has 6 heteroatoms. The first kappa shape index (κ1) is 63.1. The molecule has 1 atom stereocenters. The average Bonchev–Trinajstić information content (AvgIpc) is 3.31. The molecule has 0 radical (unpaired) electrons. The standard InChI is InChI=1S/C60H106O6/c1-4-7-10-13-16-19-22-25-26-27-28-29-30-31-32-33-34-36-38-41-44-47-50-53-59(62)65-56-57(55-64-58(61)52-49-46-43-40-37-24-21-18-15-12-9-6-3)66-60(63)54-51-48-45-42-39-35-23-20-17-14-11-8-5-2/h7,10,16,18-19,21,25-26,28-29,57H,4-6,8-9,11-15,17,20,22-24,27,30-56H2,1-3H3/b10-7-,19-16-,21-18-,26-25-,29-28-. The quantitative estimate of drug-likeness (QED) is 0.0262. The first-order chi connectivity index (χ1) is 32.5. The van der Waals surface area contributed by atoms with Crippen LogP contribution in [0.4, 0.5) is 0 Å². The van der Waals surface area contributed by atoms with Gasteiger partial charge in [-0.3, -0.25) is 14.4 Å². The van der Waals surface area contributed by atoms with Gasteiger partial charge in [-0.05, 0) is 83.5 Å². The van der Waals surface area contributed by atoms with E-state index in [4.69, 9.17) is 14.2 Å². The molecular formula is C60H106O6. The zero-order valence-electron chi connectivity index (χ0n) is 43.7. The first-order valence-corrected chi connectivity index (χ1v) is 28.3. The van der Waals surface area contributed by atoms with Gasteiger partial charge in [0.1, 0.15) is 13.2 Å². The maximum Gasteiger partial charge on any atom is 0.306 e. The largest absolute Gasteiger partial charge is 0.462 e. The van der Waals surface area contributed by atoms with Gasteiger partial charge in [0.05, 0.1) is 0 Å². The number of carbonyl (C=O) groups excluding carboxylic acids is 3. The Balaban J connectivity index is 4.28. The molecule has 382 valence electrons. The van der Waals surface area contributed by atoms with Gasteiger partial charge in [-0.25, -0.2) is 0 Å². The molecule has 0 rings (SSSR count). The summed E-state index contributed by atoms with van der Waals surface area (Å²) in [6.07, 6.45) is 67.8. The summed E-state index contributed by atoms with van der Waals surface area (Å²) >= 11 is 0. The van der Waals surface area contributed by atoms with E-state index in [0.717, 1.165) is 89.9 Å². The highest BCUT2D eigenvalue weighted by molar-refractivity contribution is 5.71. The highest BCUT2D eigenvalue weighted by Crippen LogP contribution is 2.16. The highest BCUT2D eigenvalue weighted by atomic mass is 16.6. The van der Waals surface area contributed by atoms with Gasteiger partial charge >= 0.3 is 17.9 Å². The fourth-order valence-electron chi connectivity index (χ4n) is 8.02. The fourth-order valence-corrected chi connectivity index (χ4v) is 8.02. The van der Waals surface area contributed by atoms with E-state index in [9.17, 15) is 14.4 Å². The third kappa shape index (κ3) is 52.1. The molecule has 0 bridgehead atoms. The van der Waals surface area contributed by atoms with Gasteiger partial charge < -0.3 is 14.2 Å². The van der Waals surface area contributed by atoms with Crippen LogP contribution < -0.4 is 0 Å². The lowest BCUT2D eigenvalue weighted by molar-refractivity contribution is -0.167. The van der Waals surface area contributed by atoms with E-state index < -0.39 is 6.10 Å². The molecule has 0 aromatic heterocycles. The van der Waals surface area contributed by atoms with Crippen LogP contribution in [0.5, 0.6) is 0 Å². The number of allylic oxidation sites excluding steroid dienone is 10. The third-order valence-electron chi connectivity index (χ3n) is 12.3. The second kappa shape index (κ2) is 54.7. The molecule has 66 heavy (non-hydrogen) atoms. The zero-order valence-corrected chi connectivity index (χ0v) is 43.7. The molecule has 0 fully saturated rings. The van der Waals surface area contributed by atoms with Crippen LogP contribution in [-0.4, -0.2) is 37.2 Å². The molecule has 0 aromatic rings. The Kier molecular flexibility index (Phi) is 52.3. The summed E-state index contributed by atoms with van der Waals surface area (Å²) in [5.74, 6) is -0.879. The summed E-state index contributed by atoms with van der Waals surface area (Å²) in [7, 11) is 0. The Morgan fingerprint density at radius 3 is 0.970 bits per heavy atom. The minimum Gasteiger partial charge on any atom is -0.462 e. The van der Waals surface area contributed by atoms with Crippen molar-refractivity contribution in [2.24, 2.45) is 0 Å². The topological polar surface area (TPSA) is 78.9 Å². The molecule has 0 aliphatic carbocycles. The predicted octanol–water partition coefficient (Wildman–Crippen LogP) is 18.8. The number of carbonyl (C=O) groups is 3. The number of hydrogen-bond donors (Lipinski definition) is 0. The molecular weight excluding hydrogens is 817 g/mol. The molecule has 6 nitrogen and oxygen atoms in total. The lowest BCUT2D eigenvalue weighted by atomic mass is 10.0. The number of unbranched alkanes of at least 4 members (excludes halogenated alkanes) is 30. The van der Waals surface area contributed by atoms with E-state index >= 15 is 0 Å². The van der Waals surface area contributed by atoms with E-state index in [0.29, 0.717) is 19.3 Å². The van der Waals surface area contributed by atoms with Crippen molar-refractivity contribution in [3.05, 3.63) is 60.8 Å². The van der Waals surface area contributed by atoms with Gasteiger partial charge in [0.15, 0.2) is 6.10 Å². The highest BCUT2D eigenvalue weighted by Gasteiger charge is 2.19. The van der Waals surface area contributed by atoms with E-state index in [1.807, 2.05) is 0 Å². The van der Waals surface area contributed by atoms with Gasteiger partial charge in [0.25, 0.3) is 0 Å². The van der Waals surface area contributed by atoms with Crippen LogP contribution in [0.25, 0.3) is 0 Å². The summed E-state index contributed by atoms with van der Waals surface area (Å²) in [5, 5.41) is 0. The van der Waals surface area contributed by atoms with Crippen LogP contribution in [0.3, 0.4) is 0 Å². The number of hydrogen-bond acceptors (Lipinski definition) is 6. The van der Waals surface area contributed by atoms with Gasteiger partial charge in [-0.1, -0.05) is 242 Å². The maximum absolute atomic E-state index is 12.8. The molecule has 1 unspecified atom stereocenters. The summed E-state index contributed by atoms with van der Waals surface area (Å²) in [4.78, 5) is 38.1. The van der Waals surface area contributed by atoms with E-state index in [1.54, 1.807) is 0 Å². The summed E-state index contributed by atoms with van der Waals surface area (Å²) in [6, 6.07) is 0. The van der Waals surface area contributed by atoms with Crippen LogP contribution in [0.15, 0.2) is 60.8 Å². The molecule has 0 N–H and O–H groups in total. The van der Waals surface area contributed by atoms with Crippen LogP contribution >= 0.6 is 0 Å². The Labute approximate surface area is 409 Å². The van der Waals surface area contributed by atoms with Gasteiger partial charge in [0.2, 0.25) is 0 Å². The second-order valence-corrected chi connectivity index (χ2v) is 18.8. The van der Waals surface area contributed by atoms with Gasteiger partial charge in [-0.15, -0.1) is 0 Å². The third-order valence-corrected chi connectivity index (χ3v) is 12.3. The number of esters is 3. The lowest BCUT2D eigenvalue weighted by Gasteiger charge is -2.18. The Bertz CT molecular complexity index is 1200. The number of ether oxygens (including phenoxy) is 3. The van der Waals surface area contributed by atoms with E-state index in [1.165, 1.54) is 154 Å². The Hall–Kier alpha value is -2.89. The van der Waals surface area contributed by atoms with Crippen molar-refractivity contribution in [3.63, 3.8) is 0 Å². The molecule has 0 saturated carbocycles. The fraction of sp³-hybridized carbons (Fsp3) is 0.783. The van der Waals surface area contributed by atoms with E-state index in [-0.39, 0.29) is 31.1 Å². The molecule has 0 aliphatic heterocycles. The second-order valence-electron chi connectivity index (χ2n) is 18.8. The zero-order chi connectivity index (χ0) is 47.9. The molecule has 0 spiro atoms. The molecule has 0 saturated heterocycles. The average molecular weight is 924 g/mol. The SMILES string of the molecule is CC/C=C\C/C=C\C/C=C\C/C=C\CCCCCCCCCCCCC(=O)OCC(COC(=O)CCCCCCC/C=C\CCCCC)OC(=O)CCCCCCCCCCCCCCC. The summed E-state index contributed by atoms with van der Waals surface area (Å²) in [6.45, 7) is 6.51. The minimum absolute atomic E-state index is 0.0764.